The molecule has 3 N–H and O–H groups in total. The first kappa shape index (κ1) is 15.8. The van der Waals surface area contributed by atoms with Crippen LogP contribution >= 0.6 is 15.9 Å². The molecule has 7 heteroatoms. The molecule has 1 aromatic rings. The summed E-state index contributed by atoms with van der Waals surface area (Å²) in [5.41, 5.74) is 7.26. The van der Waals surface area contributed by atoms with Gasteiger partial charge in [0.25, 0.3) is 0 Å². The molecule has 1 saturated heterocycles. The van der Waals surface area contributed by atoms with Crippen molar-refractivity contribution in [3.63, 3.8) is 0 Å². The monoisotopic (exact) mass is 361 g/mol. The Kier molecular flexibility index (Phi) is 5.06. The second-order valence-electron chi connectivity index (χ2n) is 5.15. The van der Waals surface area contributed by atoms with Crippen molar-refractivity contribution in [2.24, 2.45) is 11.7 Å². The largest absolute Gasteiger partial charge is 0.330 e. The van der Waals surface area contributed by atoms with Crippen LogP contribution in [-0.2, 0) is 10.2 Å². The maximum absolute atomic E-state index is 12.3. The second kappa shape index (κ2) is 6.43. The van der Waals surface area contributed by atoms with E-state index in [1.54, 1.807) is 12.1 Å². The van der Waals surface area contributed by atoms with Crippen LogP contribution in [0.25, 0.3) is 0 Å². The van der Waals surface area contributed by atoms with Crippen molar-refractivity contribution in [2.45, 2.75) is 19.8 Å². The van der Waals surface area contributed by atoms with Gasteiger partial charge in [0.1, 0.15) is 0 Å². The molecule has 0 aromatic heterocycles. The molecule has 1 fully saturated rings. The third-order valence-corrected chi connectivity index (χ3v) is 6.06. The molecule has 0 bridgehead atoms. The SMILES string of the molecule is Cc1ccc(NS(=O)(=O)N2CCC(CN)CC2)cc1Br. The van der Waals surface area contributed by atoms with E-state index in [2.05, 4.69) is 20.7 Å². The average molecular weight is 362 g/mol. The van der Waals surface area contributed by atoms with Crippen LogP contribution < -0.4 is 10.5 Å². The van der Waals surface area contributed by atoms with E-state index in [-0.39, 0.29) is 0 Å². The fourth-order valence-corrected chi connectivity index (χ4v) is 3.88. The highest BCUT2D eigenvalue weighted by Gasteiger charge is 2.27. The van der Waals surface area contributed by atoms with Gasteiger partial charge in [0, 0.05) is 17.6 Å². The summed E-state index contributed by atoms with van der Waals surface area (Å²) in [6, 6.07) is 5.42. The van der Waals surface area contributed by atoms with Gasteiger partial charge < -0.3 is 5.73 Å². The molecule has 0 amide bonds. The van der Waals surface area contributed by atoms with E-state index < -0.39 is 10.2 Å². The number of nitrogens with two attached hydrogens (primary N) is 1. The van der Waals surface area contributed by atoms with Crippen LogP contribution in [0.2, 0.25) is 0 Å². The zero-order valence-electron chi connectivity index (χ0n) is 11.5. The summed E-state index contributed by atoms with van der Waals surface area (Å²) in [4.78, 5) is 0. The van der Waals surface area contributed by atoms with Crippen LogP contribution in [0, 0.1) is 12.8 Å². The second-order valence-corrected chi connectivity index (χ2v) is 7.67. The molecule has 0 atom stereocenters. The van der Waals surface area contributed by atoms with E-state index in [9.17, 15) is 8.42 Å². The fraction of sp³-hybridized carbons (Fsp3) is 0.538. The van der Waals surface area contributed by atoms with Gasteiger partial charge in [0.2, 0.25) is 0 Å². The highest BCUT2D eigenvalue weighted by atomic mass is 79.9. The zero-order chi connectivity index (χ0) is 14.8. The summed E-state index contributed by atoms with van der Waals surface area (Å²) < 4.78 is 29.6. The molecule has 0 radical (unpaired) electrons. The van der Waals surface area contributed by atoms with Gasteiger partial charge in [0.05, 0.1) is 5.69 Å². The van der Waals surface area contributed by atoms with Gasteiger partial charge in [0.15, 0.2) is 0 Å². The lowest BCUT2D eigenvalue weighted by Gasteiger charge is -2.30. The van der Waals surface area contributed by atoms with E-state index in [4.69, 9.17) is 5.73 Å². The van der Waals surface area contributed by atoms with Gasteiger partial charge in [-0.3, -0.25) is 4.72 Å². The first-order valence-corrected chi connectivity index (χ1v) is 8.90. The van der Waals surface area contributed by atoms with Crippen molar-refractivity contribution in [1.82, 2.24) is 4.31 Å². The molecular weight excluding hydrogens is 342 g/mol. The third-order valence-electron chi connectivity index (χ3n) is 3.67. The van der Waals surface area contributed by atoms with Crippen molar-refractivity contribution >= 4 is 31.8 Å². The van der Waals surface area contributed by atoms with Gasteiger partial charge in [-0.05, 0) is 49.9 Å². The fourth-order valence-electron chi connectivity index (χ4n) is 2.26. The van der Waals surface area contributed by atoms with E-state index in [1.165, 1.54) is 4.31 Å². The maximum Gasteiger partial charge on any atom is 0.301 e. The molecule has 0 aliphatic carbocycles. The highest BCUT2D eigenvalue weighted by molar-refractivity contribution is 9.10. The summed E-state index contributed by atoms with van der Waals surface area (Å²) in [5.74, 6) is 0.440. The zero-order valence-corrected chi connectivity index (χ0v) is 13.9. The summed E-state index contributed by atoms with van der Waals surface area (Å²) in [6.07, 6.45) is 1.66. The number of halogens is 1. The average Bonchev–Trinajstić information content (AvgIpc) is 2.43. The van der Waals surface area contributed by atoms with Gasteiger partial charge in [-0.25, -0.2) is 0 Å². The Balaban J connectivity index is 2.05. The van der Waals surface area contributed by atoms with Crippen molar-refractivity contribution in [1.29, 1.82) is 0 Å². The Morgan fingerprint density at radius 1 is 1.40 bits per heavy atom. The normalized spacial score (nSPS) is 18.1. The number of piperidine rings is 1. The molecule has 1 aromatic carbocycles. The van der Waals surface area contributed by atoms with Crippen LogP contribution in [-0.4, -0.2) is 32.4 Å². The highest BCUT2D eigenvalue weighted by Crippen LogP contribution is 2.23. The molecule has 1 heterocycles. The summed E-state index contributed by atoms with van der Waals surface area (Å²) >= 11 is 3.40. The summed E-state index contributed by atoms with van der Waals surface area (Å²) in [5, 5.41) is 0. The number of aryl methyl sites for hydroxylation is 1. The molecule has 112 valence electrons. The minimum absolute atomic E-state index is 0.440. The number of nitrogens with one attached hydrogen (secondary N) is 1. The molecule has 5 nitrogen and oxygen atoms in total. The lowest BCUT2D eigenvalue weighted by molar-refractivity contribution is 0.280. The Labute approximate surface area is 128 Å². The lowest BCUT2D eigenvalue weighted by Crippen LogP contribution is -2.42. The van der Waals surface area contributed by atoms with Crippen molar-refractivity contribution in [3.05, 3.63) is 28.2 Å². The van der Waals surface area contributed by atoms with Crippen molar-refractivity contribution in [3.8, 4) is 0 Å². The molecule has 2 rings (SSSR count). The number of rotatable bonds is 4. The Morgan fingerprint density at radius 2 is 2.05 bits per heavy atom. The number of benzene rings is 1. The van der Waals surface area contributed by atoms with Gasteiger partial charge in [-0.15, -0.1) is 0 Å². The summed E-state index contributed by atoms with van der Waals surface area (Å²) in [6.45, 7) is 3.65. The molecule has 1 aliphatic heterocycles. The topological polar surface area (TPSA) is 75.4 Å². The van der Waals surface area contributed by atoms with Crippen LogP contribution in [0.3, 0.4) is 0 Å². The van der Waals surface area contributed by atoms with Crippen LogP contribution in [0.5, 0.6) is 0 Å². The molecule has 1 aliphatic rings. The quantitative estimate of drug-likeness (QED) is 0.861. The number of hydrogen-bond donors (Lipinski definition) is 2. The lowest BCUT2D eigenvalue weighted by atomic mass is 9.99. The first-order chi connectivity index (χ1) is 9.42. The molecule has 0 saturated carbocycles. The van der Waals surface area contributed by atoms with Gasteiger partial charge in [-0.2, -0.15) is 12.7 Å². The van der Waals surface area contributed by atoms with Crippen molar-refractivity contribution in [2.75, 3.05) is 24.4 Å². The molecule has 20 heavy (non-hydrogen) atoms. The van der Waals surface area contributed by atoms with Crippen LogP contribution in [0.1, 0.15) is 18.4 Å². The smallest absolute Gasteiger partial charge is 0.301 e. The van der Waals surface area contributed by atoms with Crippen LogP contribution in [0.15, 0.2) is 22.7 Å². The van der Waals surface area contributed by atoms with Crippen molar-refractivity contribution < 1.29 is 8.42 Å². The van der Waals surface area contributed by atoms with E-state index >= 15 is 0 Å². The summed E-state index contributed by atoms with van der Waals surface area (Å²) in [7, 11) is -3.48. The predicted molar refractivity (Wildman–Crippen MR) is 84.8 cm³/mol. The standard InChI is InChI=1S/C13H20BrN3O2S/c1-10-2-3-12(8-13(10)14)16-20(18,19)17-6-4-11(9-15)5-7-17/h2-3,8,11,16H,4-7,9,15H2,1H3. The Bertz CT molecular complexity index is 569. The minimum Gasteiger partial charge on any atom is -0.330 e. The van der Waals surface area contributed by atoms with Gasteiger partial charge in [-0.1, -0.05) is 22.0 Å². The Hall–Kier alpha value is -0.630. The number of nitrogens with zero attached hydrogens (tertiary/aromatic N) is 1. The molecular formula is C13H20BrN3O2S. The first-order valence-electron chi connectivity index (χ1n) is 6.66. The molecule has 0 unspecified atom stereocenters. The Morgan fingerprint density at radius 3 is 2.60 bits per heavy atom. The number of hydrogen-bond acceptors (Lipinski definition) is 3. The number of anilines is 1. The van der Waals surface area contributed by atoms with E-state index in [0.29, 0.717) is 31.2 Å². The molecule has 0 spiro atoms. The maximum atomic E-state index is 12.3. The van der Waals surface area contributed by atoms with Gasteiger partial charge >= 0.3 is 10.2 Å². The third kappa shape index (κ3) is 3.72. The van der Waals surface area contributed by atoms with Crippen LogP contribution in [0.4, 0.5) is 5.69 Å². The van der Waals surface area contributed by atoms with E-state index in [0.717, 1.165) is 22.9 Å². The minimum atomic E-state index is -3.48. The predicted octanol–water partition coefficient (Wildman–Crippen LogP) is 2.08. The van der Waals surface area contributed by atoms with E-state index in [1.807, 2.05) is 13.0 Å².